The lowest BCUT2D eigenvalue weighted by Gasteiger charge is -2.06. The summed E-state index contributed by atoms with van der Waals surface area (Å²) in [6, 6.07) is 14.0. The Bertz CT molecular complexity index is 720. The number of aryl methyl sites for hydroxylation is 1. The van der Waals surface area contributed by atoms with E-state index in [4.69, 9.17) is 4.74 Å². The molecule has 0 aliphatic heterocycles. The molecule has 0 saturated heterocycles. The normalized spacial score (nSPS) is 10.5. The van der Waals surface area contributed by atoms with Crippen LogP contribution in [0.1, 0.15) is 5.69 Å². The molecule has 0 unspecified atom stereocenters. The molecule has 0 saturated carbocycles. The fourth-order valence-electron chi connectivity index (χ4n) is 2.28. The average molecular weight is 265 g/mol. The van der Waals surface area contributed by atoms with E-state index in [9.17, 15) is 0 Å². The van der Waals surface area contributed by atoms with Gasteiger partial charge in [-0.1, -0.05) is 30.3 Å². The first-order valence-corrected chi connectivity index (χ1v) is 6.40. The number of methoxy groups -OCH3 is 1. The van der Waals surface area contributed by atoms with Gasteiger partial charge in [0.15, 0.2) is 0 Å². The molecule has 0 amide bonds. The van der Waals surface area contributed by atoms with Crippen LogP contribution in [-0.2, 0) is 0 Å². The summed E-state index contributed by atoms with van der Waals surface area (Å²) in [4.78, 5) is 4.15. The molecule has 4 heteroatoms. The van der Waals surface area contributed by atoms with Gasteiger partial charge >= 0.3 is 0 Å². The van der Waals surface area contributed by atoms with Crippen molar-refractivity contribution in [1.82, 2.24) is 15.2 Å². The van der Waals surface area contributed by atoms with E-state index in [2.05, 4.69) is 27.3 Å². The number of H-pyrrole nitrogens is 1. The number of aromatic nitrogens is 3. The highest BCUT2D eigenvalue weighted by molar-refractivity contribution is 5.82. The molecular formula is C16H15N3O. The Kier molecular flexibility index (Phi) is 3.21. The molecule has 0 spiro atoms. The molecule has 0 bridgehead atoms. The minimum atomic E-state index is 0.599. The Labute approximate surface area is 117 Å². The maximum atomic E-state index is 5.20. The Morgan fingerprint density at radius 3 is 2.60 bits per heavy atom. The number of nitrogens with one attached hydrogen (secondary N) is 1. The van der Waals surface area contributed by atoms with E-state index in [1.54, 1.807) is 13.3 Å². The number of aromatic amines is 1. The molecule has 3 rings (SSSR count). The lowest BCUT2D eigenvalue weighted by Crippen LogP contribution is -1.89. The van der Waals surface area contributed by atoms with Crippen LogP contribution in [0, 0.1) is 6.92 Å². The molecule has 1 aromatic carbocycles. The quantitative estimate of drug-likeness (QED) is 0.789. The maximum Gasteiger partial charge on any atom is 0.213 e. The second kappa shape index (κ2) is 5.17. The lowest BCUT2D eigenvalue weighted by atomic mass is 10.0. The van der Waals surface area contributed by atoms with E-state index < -0.39 is 0 Å². The van der Waals surface area contributed by atoms with E-state index >= 15 is 0 Å². The molecule has 2 heterocycles. The van der Waals surface area contributed by atoms with Crippen molar-refractivity contribution in [2.45, 2.75) is 6.92 Å². The monoisotopic (exact) mass is 265 g/mol. The molecular weight excluding hydrogens is 250 g/mol. The van der Waals surface area contributed by atoms with E-state index in [1.165, 1.54) is 0 Å². The molecule has 2 aromatic heterocycles. The van der Waals surface area contributed by atoms with Crippen LogP contribution in [0.15, 0.2) is 48.7 Å². The van der Waals surface area contributed by atoms with Gasteiger partial charge in [-0.2, -0.15) is 5.10 Å². The van der Waals surface area contributed by atoms with Crippen molar-refractivity contribution in [3.8, 4) is 28.3 Å². The molecule has 0 aliphatic rings. The van der Waals surface area contributed by atoms with Gasteiger partial charge in [0.05, 0.1) is 18.5 Å². The Balaban J connectivity index is 2.16. The zero-order valence-electron chi connectivity index (χ0n) is 11.4. The molecule has 20 heavy (non-hydrogen) atoms. The molecule has 100 valence electrons. The van der Waals surface area contributed by atoms with E-state index in [0.717, 1.165) is 28.1 Å². The van der Waals surface area contributed by atoms with Crippen LogP contribution in [-0.4, -0.2) is 22.3 Å². The first-order chi connectivity index (χ1) is 9.79. The predicted molar refractivity (Wildman–Crippen MR) is 78.5 cm³/mol. The van der Waals surface area contributed by atoms with Crippen LogP contribution < -0.4 is 4.74 Å². The van der Waals surface area contributed by atoms with Gasteiger partial charge in [0.25, 0.3) is 0 Å². The molecule has 4 nitrogen and oxygen atoms in total. The van der Waals surface area contributed by atoms with E-state index in [-0.39, 0.29) is 0 Å². The van der Waals surface area contributed by atoms with E-state index in [0.29, 0.717) is 5.88 Å². The smallest absolute Gasteiger partial charge is 0.213 e. The highest BCUT2D eigenvalue weighted by Crippen LogP contribution is 2.33. The fourth-order valence-corrected chi connectivity index (χ4v) is 2.28. The minimum absolute atomic E-state index is 0.599. The Hall–Kier alpha value is -2.62. The number of nitrogens with zero attached hydrogens (tertiary/aromatic N) is 2. The van der Waals surface area contributed by atoms with Gasteiger partial charge in [0.1, 0.15) is 0 Å². The van der Waals surface area contributed by atoms with Gasteiger partial charge in [-0.25, -0.2) is 4.98 Å². The third-order valence-corrected chi connectivity index (χ3v) is 3.24. The summed E-state index contributed by atoms with van der Waals surface area (Å²) in [7, 11) is 1.62. The number of hydrogen-bond donors (Lipinski definition) is 1. The lowest BCUT2D eigenvalue weighted by molar-refractivity contribution is 0.398. The number of rotatable bonds is 3. The van der Waals surface area contributed by atoms with Gasteiger partial charge < -0.3 is 4.74 Å². The summed E-state index contributed by atoms with van der Waals surface area (Å²) >= 11 is 0. The Morgan fingerprint density at radius 2 is 1.85 bits per heavy atom. The zero-order chi connectivity index (χ0) is 13.9. The van der Waals surface area contributed by atoms with Crippen molar-refractivity contribution in [3.63, 3.8) is 0 Å². The van der Waals surface area contributed by atoms with Gasteiger partial charge in [-0.3, -0.25) is 5.10 Å². The number of benzene rings is 1. The standard InChI is InChI=1S/C16H15N3O/c1-11-15(13-8-9-17-14(10-13)20-2)16(19-18-11)12-6-4-3-5-7-12/h3-10H,1-2H3,(H,18,19). The summed E-state index contributed by atoms with van der Waals surface area (Å²) in [5.41, 5.74) is 5.20. The average Bonchev–Trinajstić information content (AvgIpc) is 2.90. The van der Waals surface area contributed by atoms with Gasteiger partial charge in [0.2, 0.25) is 5.88 Å². The van der Waals surface area contributed by atoms with Crippen molar-refractivity contribution in [2.75, 3.05) is 7.11 Å². The molecule has 0 aliphatic carbocycles. The van der Waals surface area contributed by atoms with Crippen molar-refractivity contribution in [1.29, 1.82) is 0 Å². The van der Waals surface area contributed by atoms with Crippen molar-refractivity contribution >= 4 is 0 Å². The maximum absolute atomic E-state index is 5.20. The molecule has 0 atom stereocenters. The largest absolute Gasteiger partial charge is 0.481 e. The first kappa shape index (κ1) is 12.4. The van der Waals surface area contributed by atoms with Gasteiger partial charge in [0, 0.05) is 23.4 Å². The zero-order valence-corrected chi connectivity index (χ0v) is 11.4. The Morgan fingerprint density at radius 1 is 1.05 bits per heavy atom. The minimum Gasteiger partial charge on any atom is -0.481 e. The van der Waals surface area contributed by atoms with Gasteiger partial charge in [-0.15, -0.1) is 0 Å². The van der Waals surface area contributed by atoms with Crippen LogP contribution in [0.2, 0.25) is 0 Å². The SMILES string of the molecule is COc1cc(-c2c(C)n[nH]c2-c2ccccc2)ccn1. The van der Waals surface area contributed by atoms with Crippen LogP contribution in [0.5, 0.6) is 5.88 Å². The van der Waals surface area contributed by atoms with E-state index in [1.807, 2.05) is 37.3 Å². The summed E-state index contributed by atoms with van der Waals surface area (Å²) in [5, 5.41) is 7.45. The summed E-state index contributed by atoms with van der Waals surface area (Å²) in [5.74, 6) is 0.599. The first-order valence-electron chi connectivity index (χ1n) is 6.40. The predicted octanol–water partition coefficient (Wildman–Crippen LogP) is 3.46. The van der Waals surface area contributed by atoms with Gasteiger partial charge in [-0.05, 0) is 18.6 Å². The summed E-state index contributed by atoms with van der Waals surface area (Å²) in [6.07, 6.45) is 1.75. The highest BCUT2D eigenvalue weighted by atomic mass is 16.5. The molecule has 0 radical (unpaired) electrons. The number of ether oxygens (including phenoxy) is 1. The third kappa shape index (κ3) is 2.16. The summed E-state index contributed by atoms with van der Waals surface area (Å²) < 4.78 is 5.20. The number of hydrogen-bond acceptors (Lipinski definition) is 3. The second-order valence-corrected chi connectivity index (χ2v) is 4.51. The third-order valence-electron chi connectivity index (χ3n) is 3.24. The van der Waals surface area contributed by atoms with Crippen LogP contribution in [0.25, 0.3) is 22.4 Å². The topological polar surface area (TPSA) is 50.8 Å². The van der Waals surface area contributed by atoms with Crippen molar-refractivity contribution in [2.24, 2.45) is 0 Å². The second-order valence-electron chi connectivity index (χ2n) is 4.51. The molecule has 0 fully saturated rings. The summed E-state index contributed by atoms with van der Waals surface area (Å²) in [6.45, 7) is 1.99. The number of pyridine rings is 1. The molecule has 1 N–H and O–H groups in total. The fraction of sp³-hybridized carbons (Fsp3) is 0.125. The highest BCUT2D eigenvalue weighted by Gasteiger charge is 2.14. The molecule has 3 aromatic rings. The van der Waals surface area contributed by atoms with Crippen LogP contribution >= 0.6 is 0 Å². The van der Waals surface area contributed by atoms with Crippen molar-refractivity contribution < 1.29 is 4.74 Å². The van der Waals surface area contributed by atoms with Crippen LogP contribution in [0.4, 0.5) is 0 Å². The van der Waals surface area contributed by atoms with Crippen LogP contribution in [0.3, 0.4) is 0 Å². The van der Waals surface area contributed by atoms with Crippen molar-refractivity contribution in [3.05, 3.63) is 54.4 Å².